The molecule has 3 amide bonds. The molecule has 0 saturated carbocycles. The maximum Gasteiger partial charge on any atom is 0.321 e. The second kappa shape index (κ2) is 8.63. The minimum Gasteiger partial charge on any atom is -0.411 e. The number of rotatable bonds is 6. The van der Waals surface area contributed by atoms with E-state index in [1.165, 1.54) is 11.3 Å². The second-order valence-electron chi connectivity index (χ2n) is 5.34. The second-order valence-corrected chi connectivity index (χ2v) is 7.30. The normalized spacial score (nSPS) is 10.5. The van der Waals surface area contributed by atoms with Crippen LogP contribution in [0.15, 0.2) is 51.4 Å². The molecule has 0 unspecified atom stereocenters. The minimum absolute atomic E-state index is 0.00194. The summed E-state index contributed by atoms with van der Waals surface area (Å²) in [5.41, 5.74) is 1.95. The zero-order chi connectivity index (χ0) is 18.4. The Bertz CT molecular complexity index is 876. The lowest BCUT2D eigenvalue weighted by atomic mass is 10.1. The summed E-state index contributed by atoms with van der Waals surface area (Å²) in [5, 5.41) is 14.9. The van der Waals surface area contributed by atoms with Crippen LogP contribution in [0, 0.1) is 6.92 Å². The summed E-state index contributed by atoms with van der Waals surface area (Å²) in [6.07, 6.45) is 0. The number of amides is 3. The number of carbonyl (C=O) groups excluding carboxylic acids is 2. The third kappa shape index (κ3) is 5.17. The van der Waals surface area contributed by atoms with E-state index >= 15 is 0 Å². The van der Waals surface area contributed by atoms with Gasteiger partial charge in [0, 0.05) is 10.4 Å². The van der Waals surface area contributed by atoms with Gasteiger partial charge in [-0.05, 0) is 30.5 Å². The van der Waals surface area contributed by atoms with E-state index in [1.807, 2.05) is 48.7 Å². The monoisotopic (exact) mass is 388 g/mol. The van der Waals surface area contributed by atoms with Gasteiger partial charge < -0.3 is 9.73 Å². The van der Waals surface area contributed by atoms with E-state index in [-0.39, 0.29) is 11.0 Å². The van der Waals surface area contributed by atoms with E-state index in [9.17, 15) is 9.59 Å². The van der Waals surface area contributed by atoms with Crippen LogP contribution in [0.4, 0.5) is 4.79 Å². The molecule has 0 aliphatic heterocycles. The lowest BCUT2D eigenvalue weighted by molar-refractivity contribution is -0.117. The Hall–Kier alpha value is -2.65. The van der Waals surface area contributed by atoms with Gasteiger partial charge in [-0.25, -0.2) is 4.79 Å². The fourth-order valence-corrected chi connectivity index (χ4v) is 3.20. The predicted octanol–water partition coefficient (Wildman–Crippen LogP) is 3.22. The van der Waals surface area contributed by atoms with Crippen molar-refractivity contribution in [3.05, 3.63) is 52.2 Å². The first-order valence-corrected chi connectivity index (χ1v) is 9.60. The standard InChI is InChI=1S/C17H16N4O3S2/c1-11-4-6-12(7-5-11)15-20-21-17(24-15)26-10-14(22)19-16(23)18-9-13-3-2-8-25-13/h2-8H,9-10H2,1H3,(H2,18,19,22,23). The van der Waals surface area contributed by atoms with Gasteiger partial charge in [-0.3, -0.25) is 10.1 Å². The average molecular weight is 388 g/mol. The molecular weight excluding hydrogens is 372 g/mol. The van der Waals surface area contributed by atoms with Crippen LogP contribution in [0.3, 0.4) is 0 Å². The van der Waals surface area contributed by atoms with Crippen molar-refractivity contribution in [2.45, 2.75) is 18.7 Å². The Morgan fingerprint density at radius 3 is 2.73 bits per heavy atom. The van der Waals surface area contributed by atoms with E-state index < -0.39 is 11.9 Å². The molecule has 0 aliphatic carbocycles. The van der Waals surface area contributed by atoms with Gasteiger partial charge in [0.25, 0.3) is 5.22 Å². The summed E-state index contributed by atoms with van der Waals surface area (Å²) in [5.74, 6) is -0.0440. The smallest absolute Gasteiger partial charge is 0.321 e. The highest BCUT2D eigenvalue weighted by atomic mass is 32.2. The Morgan fingerprint density at radius 2 is 2.00 bits per heavy atom. The number of hydrogen-bond acceptors (Lipinski definition) is 7. The van der Waals surface area contributed by atoms with Crippen molar-refractivity contribution in [2.75, 3.05) is 5.75 Å². The highest BCUT2D eigenvalue weighted by Crippen LogP contribution is 2.23. The van der Waals surface area contributed by atoms with Gasteiger partial charge in [0.2, 0.25) is 11.8 Å². The van der Waals surface area contributed by atoms with Gasteiger partial charge in [0.05, 0.1) is 12.3 Å². The number of aryl methyl sites for hydroxylation is 1. The van der Waals surface area contributed by atoms with Crippen molar-refractivity contribution in [3.63, 3.8) is 0 Å². The van der Waals surface area contributed by atoms with Crippen molar-refractivity contribution in [1.29, 1.82) is 0 Å². The van der Waals surface area contributed by atoms with Crippen LogP contribution in [0.5, 0.6) is 0 Å². The summed E-state index contributed by atoms with van der Waals surface area (Å²) in [7, 11) is 0. The van der Waals surface area contributed by atoms with E-state index in [2.05, 4.69) is 20.8 Å². The molecule has 0 spiro atoms. The molecule has 3 rings (SSSR count). The van der Waals surface area contributed by atoms with Crippen LogP contribution < -0.4 is 10.6 Å². The van der Waals surface area contributed by atoms with Crippen LogP contribution in [0.2, 0.25) is 0 Å². The summed E-state index contributed by atoms with van der Waals surface area (Å²) in [6, 6.07) is 11.0. The Labute approximate surface area is 158 Å². The molecule has 0 atom stereocenters. The Kier molecular flexibility index (Phi) is 6.03. The van der Waals surface area contributed by atoms with E-state index in [0.717, 1.165) is 27.8 Å². The molecule has 0 bridgehead atoms. The molecule has 2 heterocycles. The Balaban J connectivity index is 1.44. The molecule has 0 aliphatic rings. The van der Waals surface area contributed by atoms with Crippen molar-refractivity contribution in [2.24, 2.45) is 0 Å². The summed E-state index contributed by atoms with van der Waals surface area (Å²) < 4.78 is 5.52. The number of nitrogens with zero attached hydrogens (tertiary/aromatic N) is 2. The van der Waals surface area contributed by atoms with Crippen LogP contribution in [0.1, 0.15) is 10.4 Å². The van der Waals surface area contributed by atoms with Crippen LogP contribution >= 0.6 is 23.1 Å². The highest BCUT2D eigenvalue weighted by molar-refractivity contribution is 7.99. The maximum atomic E-state index is 11.8. The molecule has 7 nitrogen and oxygen atoms in total. The van der Waals surface area contributed by atoms with Gasteiger partial charge in [0.15, 0.2) is 0 Å². The number of carbonyl (C=O) groups is 2. The van der Waals surface area contributed by atoms with Crippen LogP contribution in [-0.2, 0) is 11.3 Å². The zero-order valence-corrected chi connectivity index (χ0v) is 15.5. The van der Waals surface area contributed by atoms with Crippen LogP contribution in [-0.4, -0.2) is 27.9 Å². The average Bonchev–Trinajstić information content (AvgIpc) is 3.31. The minimum atomic E-state index is -0.533. The maximum absolute atomic E-state index is 11.8. The number of hydrogen-bond donors (Lipinski definition) is 2. The molecule has 3 aromatic rings. The number of thioether (sulfide) groups is 1. The molecule has 2 N–H and O–H groups in total. The van der Waals surface area contributed by atoms with Gasteiger partial charge in [-0.2, -0.15) is 0 Å². The Morgan fingerprint density at radius 1 is 1.19 bits per heavy atom. The number of thiophene rings is 1. The largest absolute Gasteiger partial charge is 0.411 e. The van der Waals surface area contributed by atoms with Crippen molar-refractivity contribution in [1.82, 2.24) is 20.8 Å². The summed E-state index contributed by atoms with van der Waals surface area (Å²) >= 11 is 2.61. The lowest BCUT2D eigenvalue weighted by Gasteiger charge is -2.04. The molecule has 9 heteroatoms. The number of urea groups is 1. The quantitative estimate of drug-likeness (QED) is 0.629. The zero-order valence-electron chi connectivity index (χ0n) is 13.9. The fourth-order valence-electron chi connectivity index (χ4n) is 2.00. The van der Waals surface area contributed by atoms with E-state index in [1.54, 1.807) is 0 Å². The number of benzene rings is 1. The number of nitrogens with one attached hydrogen (secondary N) is 2. The van der Waals surface area contributed by atoms with Crippen LogP contribution in [0.25, 0.3) is 11.5 Å². The van der Waals surface area contributed by atoms with Gasteiger partial charge >= 0.3 is 6.03 Å². The number of aromatic nitrogens is 2. The molecule has 1 aromatic carbocycles. The van der Waals surface area contributed by atoms with Crippen molar-refractivity contribution in [3.8, 4) is 11.5 Å². The third-order valence-corrected chi connectivity index (χ3v) is 4.98. The van der Waals surface area contributed by atoms with Gasteiger partial charge in [0.1, 0.15) is 0 Å². The molecule has 134 valence electrons. The molecule has 0 fully saturated rings. The van der Waals surface area contributed by atoms with Gasteiger partial charge in [-0.1, -0.05) is 35.5 Å². The first-order chi connectivity index (χ1) is 12.6. The lowest BCUT2D eigenvalue weighted by Crippen LogP contribution is -2.39. The summed E-state index contributed by atoms with van der Waals surface area (Å²) in [6.45, 7) is 2.38. The number of imide groups is 1. The SMILES string of the molecule is Cc1ccc(-c2nnc(SCC(=O)NC(=O)NCc3cccs3)o2)cc1. The van der Waals surface area contributed by atoms with Gasteiger partial charge in [-0.15, -0.1) is 21.5 Å². The third-order valence-electron chi connectivity index (χ3n) is 3.29. The topological polar surface area (TPSA) is 97.1 Å². The van der Waals surface area contributed by atoms with E-state index in [4.69, 9.17) is 4.42 Å². The van der Waals surface area contributed by atoms with Crippen molar-refractivity contribution < 1.29 is 14.0 Å². The molecule has 2 aromatic heterocycles. The predicted molar refractivity (Wildman–Crippen MR) is 99.9 cm³/mol. The molecule has 0 saturated heterocycles. The molecular formula is C17H16N4O3S2. The van der Waals surface area contributed by atoms with E-state index in [0.29, 0.717) is 12.4 Å². The molecule has 26 heavy (non-hydrogen) atoms. The first kappa shape index (κ1) is 18.2. The van der Waals surface area contributed by atoms with Crippen molar-refractivity contribution >= 4 is 35.0 Å². The highest BCUT2D eigenvalue weighted by Gasteiger charge is 2.13. The summed E-state index contributed by atoms with van der Waals surface area (Å²) in [4.78, 5) is 24.5. The molecule has 0 radical (unpaired) electrons. The first-order valence-electron chi connectivity index (χ1n) is 7.73. The fraction of sp³-hybridized carbons (Fsp3) is 0.176.